The number of allylic oxidation sites excluding steroid dienone is 6. The van der Waals surface area contributed by atoms with Crippen LogP contribution in [0.3, 0.4) is 0 Å². The number of aryl methyl sites for hydroxylation is 4. The molecule has 0 saturated heterocycles. The van der Waals surface area contributed by atoms with Gasteiger partial charge in [-0.25, -0.2) is 9.97 Å². The molecule has 10 heteroatoms. The Balaban J connectivity index is 0.00000541. The predicted octanol–water partition coefficient (Wildman–Crippen LogP) is 5.29. The zero-order valence-electron chi connectivity index (χ0n) is 29.3. The second kappa shape index (κ2) is 14.9. The molecule has 2 aliphatic heterocycles. The van der Waals surface area contributed by atoms with Gasteiger partial charge in [0.25, 0.3) is 0 Å². The summed E-state index contributed by atoms with van der Waals surface area (Å²) in [5.41, 5.74) is 12.9. The molecule has 3 aromatic rings. The largest absolute Gasteiger partial charge is 2.00 e. The molecule has 8 bridgehead atoms. The van der Waals surface area contributed by atoms with E-state index in [1.165, 1.54) is 0 Å². The summed E-state index contributed by atoms with van der Waals surface area (Å²) in [7, 11) is 6.16. The maximum atomic E-state index is 12.8. The number of esters is 1. The van der Waals surface area contributed by atoms with Crippen LogP contribution >= 0.6 is 0 Å². The van der Waals surface area contributed by atoms with Gasteiger partial charge in [-0.1, -0.05) is 65.8 Å². The Morgan fingerprint density at radius 2 is 1.22 bits per heavy atom. The van der Waals surface area contributed by atoms with Crippen LogP contribution in [0.5, 0.6) is 0 Å². The van der Waals surface area contributed by atoms with Gasteiger partial charge in [0.2, 0.25) is 0 Å². The van der Waals surface area contributed by atoms with Crippen LogP contribution in [0.4, 0.5) is 0 Å². The standard InChI is InChI=1S/C39H45N5O4.Fe/c1-10-26-22(3)30-18-31-24(5)28(12-14-38(45)46)36(42-31)21-37-29(13-15-39(47)48-17-16-44(7,8)9)25(6)33(43-37)20-35-27(11-2)23(4)32(41-35)19-34(26)40-30;/h10-11,18-21H,1-2,12-17H2,3-9H3,(H2-,40,41,42,43,45,46);/q;+2/p-2. The van der Waals surface area contributed by atoms with Crippen molar-refractivity contribution in [2.45, 2.75) is 53.4 Å². The summed E-state index contributed by atoms with van der Waals surface area (Å²) in [4.78, 5) is 44.3. The molecule has 0 fully saturated rings. The molecule has 0 spiro atoms. The third kappa shape index (κ3) is 8.04. The molecule has 0 unspecified atom stereocenters. The third-order valence-corrected chi connectivity index (χ3v) is 9.07. The number of carbonyl (C=O) groups excluding carboxylic acids is 2. The van der Waals surface area contributed by atoms with Gasteiger partial charge >= 0.3 is 23.0 Å². The molecule has 0 amide bonds. The number of quaternary nitrogens is 1. The van der Waals surface area contributed by atoms with Gasteiger partial charge in [-0.2, -0.15) is 0 Å². The van der Waals surface area contributed by atoms with Crippen molar-refractivity contribution in [2.24, 2.45) is 0 Å². The topological polar surface area (TPSA) is 120 Å². The van der Waals surface area contributed by atoms with Crippen LogP contribution in [0.2, 0.25) is 0 Å². The van der Waals surface area contributed by atoms with Crippen molar-refractivity contribution < 1.29 is 41.0 Å². The van der Waals surface area contributed by atoms with Crippen LogP contribution < -0.4 is 15.1 Å². The van der Waals surface area contributed by atoms with Crippen molar-refractivity contribution in [1.29, 1.82) is 0 Å². The second-order valence-corrected chi connectivity index (χ2v) is 13.4. The number of carboxylic acid groups (broad SMARTS) is 1. The Kier molecular flexibility index (Phi) is 11.4. The van der Waals surface area contributed by atoms with E-state index in [1.807, 2.05) is 52.0 Å². The number of ether oxygens (including phenoxy) is 1. The summed E-state index contributed by atoms with van der Waals surface area (Å²) in [6.45, 7) is 17.1. The van der Waals surface area contributed by atoms with Crippen molar-refractivity contribution >= 4 is 56.3 Å². The fourth-order valence-corrected chi connectivity index (χ4v) is 6.11. The Morgan fingerprint density at radius 3 is 1.71 bits per heavy atom. The average molecular weight is 702 g/mol. The molecule has 5 rings (SSSR count). The Hall–Kier alpha value is -4.50. The van der Waals surface area contributed by atoms with Crippen molar-refractivity contribution in [3.05, 3.63) is 94.6 Å². The van der Waals surface area contributed by atoms with E-state index in [-0.39, 0.29) is 42.3 Å². The van der Waals surface area contributed by atoms with Crippen LogP contribution in [-0.2, 0) is 44.2 Å². The van der Waals surface area contributed by atoms with E-state index in [0.717, 1.165) is 72.8 Å². The molecule has 5 heterocycles. The average Bonchev–Trinajstić information content (AvgIpc) is 3.67. The van der Waals surface area contributed by atoms with Crippen LogP contribution in [0.25, 0.3) is 44.4 Å². The Bertz CT molecular complexity index is 2070. The van der Waals surface area contributed by atoms with Crippen LogP contribution in [-0.4, -0.2) is 60.7 Å². The van der Waals surface area contributed by atoms with Crippen molar-refractivity contribution in [1.82, 2.24) is 19.9 Å². The number of rotatable bonds is 11. The zero-order chi connectivity index (χ0) is 34.9. The SMILES string of the molecule is C=CC1=C(C)c2cc3[n-]c(cc4[n-]c(cc5nc(cc1n2)C(C)=C5C=C)c(C)c4CCC(=O)OCC[N+](C)(C)C)c(CCC(=O)[O-])c3C.[Fe+2]. The van der Waals surface area contributed by atoms with E-state index in [4.69, 9.17) is 24.7 Å². The first kappa shape index (κ1) is 37.3. The van der Waals surface area contributed by atoms with E-state index < -0.39 is 5.97 Å². The predicted molar refractivity (Wildman–Crippen MR) is 189 cm³/mol. The normalized spacial score (nSPS) is 13.0. The summed E-state index contributed by atoms with van der Waals surface area (Å²) >= 11 is 0. The molecule has 0 atom stereocenters. The minimum absolute atomic E-state index is 0. The number of fused-ring (bicyclic) bond motifs is 8. The number of aromatic nitrogens is 4. The van der Waals surface area contributed by atoms with Crippen molar-refractivity contribution in [3.8, 4) is 0 Å². The minimum atomic E-state index is -1.13. The summed E-state index contributed by atoms with van der Waals surface area (Å²) in [6.07, 6.45) is 4.31. The first-order chi connectivity index (χ1) is 22.7. The van der Waals surface area contributed by atoms with Gasteiger partial charge in [-0.15, -0.1) is 22.1 Å². The van der Waals surface area contributed by atoms with Crippen LogP contribution in [0.15, 0.2) is 49.6 Å². The molecular formula is C39H43FeN5O4. The van der Waals surface area contributed by atoms with E-state index in [9.17, 15) is 14.7 Å². The Labute approximate surface area is 298 Å². The van der Waals surface area contributed by atoms with Gasteiger partial charge in [0, 0.05) is 23.5 Å². The summed E-state index contributed by atoms with van der Waals surface area (Å²) in [6, 6.07) is 7.75. The van der Waals surface area contributed by atoms with Gasteiger partial charge in [-0.05, 0) is 64.2 Å². The number of aliphatic carboxylic acids is 1. The molecule has 49 heavy (non-hydrogen) atoms. The molecule has 0 saturated carbocycles. The van der Waals surface area contributed by atoms with E-state index in [0.29, 0.717) is 40.6 Å². The van der Waals surface area contributed by atoms with E-state index >= 15 is 0 Å². The fourth-order valence-electron chi connectivity index (χ4n) is 6.11. The number of hydrogen-bond donors (Lipinski definition) is 0. The van der Waals surface area contributed by atoms with Gasteiger partial charge < -0.3 is 29.1 Å². The smallest absolute Gasteiger partial charge is 0.657 e. The number of hydrogen-bond acceptors (Lipinski definition) is 6. The van der Waals surface area contributed by atoms with E-state index in [2.05, 4.69) is 34.3 Å². The number of carboxylic acids is 1. The molecule has 2 aliphatic rings. The van der Waals surface area contributed by atoms with Crippen molar-refractivity contribution in [2.75, 3.05) is 34.3 Å². The summed E-state index contributed by atoms with van der Waals surface area (Å²) in [5, 5.41) is 11.5. The molecule has 256 valence electrons. The minimum Gasteiger partial charge on any atom is -0.657 e. The van der Waals surface area contributed by atoms with Crippen LogP contribution in [0.1, 0.15) is 71.7 Å². The molecule has 0 radical (unpaired) electrons. The van der Waals surface area contributed by atoms with E-state index in [1.54, 1.807) is 12.2 Å². The molecule has 0 N–H and O–H groups in total. The van der Waals surface area contributed by atoms with Gasteiger partial charge in [-0.3, -0.25) is 4.79 Å². The molecule has 9 nitrogen and oxygen atoms in total. The quantitative estimate of drug-likeness (QED) is 0.151. The summed E-state index contributed by atoms with van der Waals surface area (Å²) < 4.78 is 6.25. The number of likely N-dealkylation sites (N-methyl/N-ethyl adjacent to an activating group) is 1. The summed E-state index contributed by atoms with van der Waals surface area (Å²) in [5.74, 6) is -1.40. The van der Waals surface area contributed by atoms with Gasteiger partial charge in [0.05, 0.1) is 43.9 Å². The maximum Gasteiger partial charge on any atom is 2.00 e. The van der Waals surface area contributed by atoms with Gasteiger partial charge in [0.1, 0.15) is 13.2 Å². The molecule has 0 aliphatic carbocycles. The zero-order valence-corrected chi connectivity index (χ0v) is 30.4. The van der Waals surface area contributed by atoms with Crippen LogP contribution in [0, 0.1) is 13.8 Å². The molecule has 3 aromatic heterocycles. The monoisotopic (exact) mass is 701 g/mol. The maximum absolute atomic E-state index is 12.8. The van der Waals surface area contributed by atoms with Gasteiger partial charge in [0.15, 0.2) is 0 Å². The first-order valence-electron chi connectivity index (χ1n) is 16.2. The molecular weight excluding hydrogens is 658 g/mol. The van der Waals surface area contributed by atoms with Crippen molar-refractivity contribution in [3.63, 3.8) is 0 Å². The second-order valence-electron chi connectivity index (χ2n) is 13.4. The third-order valence-electron chi connectivity index (χ3n) is 9.07. The Morgan fingerprint density at radius 1 is 0.755 bits per heavy atom. The molecule has 0 aromatic carbocycles. The number of nitrogens with zero attached hydrogens (tertiary/aromatic N) is 5. The fraction of sp³-hybridized carbons (Fsp3) is 0.333. The number of carbonyl (C=O) groups is 2. The first-order valence-corrected chi connectivity index (χ1v) is 16.2.